The fourth-order valence-electron chi connectivity index (χ4n) is 5.75. The number of nitriles is 1. The molecule has 1 spiro atoms. The van der Waals surface area contributed by atoms with Crippen LogP contribution in [0.15, 0.2) is 73.2 Å². The number of hydrogen-bond acceptors (Lipinski definition) is 8. The third kappa shape index (κ3) is 4.04. The minimum Gasteiger partial charge on any atom is -0.383 e. The molecule has 2 aliphatic heterocycles. The van der Waals surface area contributed by atoms with Crippen molar-refractivity contribution in [1.82, 2.24) is 34.3 Å². The molecule has 2 saturated heterocycles. The Balaban J connectivity index is 1.24. The summed E-state index contributed by atoms with van der Waals surface area (Å²) in [6.45, 7) is 4.66. The van der Waals surface area contributed by atoms with Gasteiger partial charge in [-0.15, -0.1) is 0 Å². The first-order valence-corrected chi connectivity index (χ1v) is 12.7. The molecule has 39 heavy (non-hydrogen) atoms. The van der Waals surface area contributed by atoms with E-state index in [0.29, 0.717) is 34.0 Å². The van der Waals surface area contributed by atoms with Crippen molar-refractivity contribution in [2.24, 2.45) is 5.41 Å². The molecule has 7 rings (SSSR count). The second kappa shape index (κ2) is 8.85. The molecule has 0 aliphatic carbocycles. The van der Waals surface area contributed by atoms with Crippen LogP contribution in [0.25, 0.3) is 39.5 Å². The molecule has 6 heterocycles. The summed E-state index contributed by atoms with van der Waals surface area (Å²) >= 11 is 0. The van der Waals surface area contributed by atoms with Crippen molar-refractivity contribution in [2.45, 2.75) is 6.54 Å². The number of nitrogens with zero attached hydrogens (tertiary/aromatic N) is 8. The van der Waals surface area contributed by atoms with E-state index in [9.17, 15) is 4.39 Å². The Morgan fingerprint density at radius 2 is 1.74 bits per heavy atom. The molecule has 0 bridgehead atoms. The van der Waals surface area contributed by atoms with E-state index < -0.39 is 5.82 Å². The van der Waals surface area contributed by atoms with Gasteiger partial charge in [0.1, 0.15) is 23.0 Å². The van der Waals surface area contributed by atoms with E-state index in [4.69, 9.17) is 16.0 Å². The van der Waals surface area contributed by atoms with Crippen LogP contribution in [0.5, 0.6) is 0 Å². The fraction of sp³-hybridized carbons (Fsp3) is 0.207. The summed E-state index contributed by atoms with van der Waals surface area (Å²) < 4.78 is 15.5. The number of aromatic nitrogens is 5. The molecule has 0 amide bonds. The van der Waals surface area contributed by atoms with E-state index in [1.165, 1.54) is 17.8 Å². The van der Waals surface area contributed by atoms with Gasteiger partial charge in [0.05, 0.1) is 34.9 Å². The third-order valence-electron chi connectivity index (χ3n) is 7.52. The first-order valence-electron chi connectivity index (χ1n) is 12.7. The molecule has 2 aliphatic rings. The summed E-state index contributed by atoms with van der Waals surface area (Å²) in [7, 11) is 0. The quantitative estimate of drug-likeness (QED) is 0.350. The summed E-state index contributed by atoms with van der Waals surface area (Å²) in [6.07, 6.45) is 6.77. The Morgan fingerprint density at radius 1 is 0.949 bits per heavy atom. The standard InChI is InChI=1S/C29H24FN9/c30-20-5-8-23(34-11-20)24-10-26-25(12-35-24)36-28(22-2-1-9-33-27(22)32)39(26)21-6-3-19(4-7-21)13-37-14-29(15-37)16-38(17-29)18-31/h1-12H,13-17H2,(H2,32,33). The molecule has 2 fully saturated rings. The molecule has 4 aromatic heterocycles. The van der Waals surface area contributed by atoms with Gasteiger partial charge in [0.15, 0.2) is 6.19 Å². The number of nitrogens with two attached hydrogens (primary N) is 1. The minimum atomic E-state index is -0.399. The van der Waals surface area contributed by atoms with Crippen LogP contribution in [-0.4, -0.2) is 60.5 Å². The third-order valence-corrected chi connectivity index (χ3v) is 7.52. The van der Waals surface area contributed by atoms with Crippen molar-refractivity contribution in [2.75, 3.05) is 31.9 Å². The van der Waals surface area contributed by atoms with E-state index in [0.717, 1.165) is 49.5 Å². The second-order valence-corrected chi connectivity index (χ2v) is 10.4. The van der Waals surface area contributed by atoms with Crippen LogP contribution in [0.3, 0.4) is 0 Å². The zero-order valence-corrected chi connectivity index (χ0v) is 21.0. The first-order chi connectivity index (χ1) is 19.0. The number of halogens is 1. The van der Waals surface area contributed by atoms with Gasteiger partial charge < -0.3 is 10.6 Å². The predicted octanol–water partition coefficient (Wildman–Crippen LogP) is 3.86. The van der Waals surface area contributed by atoms with Crippen LogP contribution in [0, 0.1) is 22.7 Å². The molecule has 0 unspecified atom stereocenters. The molecular formula is C29H24FN9. The zero-order valence-electron chi connectivity index (χ0n) is 21.0. The van der Waals surface area contributed by atoms with Crippen LogP contribution in [-0.2, 0) is 6.54 Å². The van der Waals surface area contributed by atoms with Crippen molar-refractivity contribution in [3.05, 3.63) is 84.6 Å². The van der Waals surface area contributed by atoms with Gasteiger partial charge in [-0.25, -0.2) is 14.4 Å². The van der Waals surface area contributed by atoms with Crippen molar-refractivity contribution in [3.8, 4) is 34.7 Å². The number of anilines is 1. The monoisotopic (exact) mass is 517 g/mol. The highest BCUT2D eigenvalue weighted by molar-refractivity contribution is 5.86. The highest BCUT2D eigenvalue weighted by atomic mass is 19.1. The maximum absolute atomic E-state index is 13.5. The number of hydrogen-bond donors (Lipinski definition) is 1. The minimum absolute atomic E-state index is 0.301. The lowest BCUT2D eigenvalue weighted by atomic mass is 9.73. The molecule has 0 saturated carbocycles. The summed E-state index contributed by atoms with van der Waals surface area (Å²) in [4.78, 5) is 22.1. The maximum Gasteiger partial charge on any atom is 0.179 e. The summed E-state index contributed by atoms with van der Waals surface area (Å²) in [5.74, 6) is 0.646. The zero-order chi connectivity index (χ0) is 26.6. The highest BCUT2D eigenvalue weighted by Gasteiger charge is 2.51. The molecular weight excluding hydrogens is 493 g/mol. The van der Waals surface area contributed by atoms with Crippen LogP contribution in [0.2, 0.25) is 0 Å². The number of nitrogen functional groups attached to an aromatic ring is 1. The first kappa shape index (κ1) is 23.3. The van der Waals surface area contributed by atoms with Crippen molar-refractivity contribution in [1.29, 1.82) is 5.26 Å². The lowest BCUT2D eigenvalue weighted by Crippen LogP contribution is -2.70. The van der Waals surface area contributed by atoms with Gasteiger partial charge >= 0.3 is 0 Å². The van der Waals surface area contributed by atoms with Gasteiger partial charge in [0, 0.05) is 50.0 Å². The number of likely N-dealkylation sites (tertiary alicyclic amines) is 2. The van der Waals surface area contributed by atoms with Gasteiger partial charge in [-0.1, -0.05) is 12.1 Å². The number of rotatable bonds is 5. The maximum atomic E-state index is 13.5. The molecule has 0 atom stereocenters. The average Bonchev–Trinajstić information content (AvgIpc) is 3.29. The Hall–Kier alpha value is -4.88. The van der Waals surface area contributed by atoms with Crippen molar-refractivity contribution >= 4 is 16.9 Å². The number of benzene rings is 1. The number of fused-ring (bicyclic) bond motifs is 1. The highest BCUT2D eigenvalue weighted by Crippen LogP contribution is 2.40. The van der Waals surface area contributed by atoms with E-state index in [1.54, 1.807) is 18.5 Å². The Bertz CT molecular complexity index is 1720. The normalized spacial score (nSPS) is 16.2. The second-order valence-electron chi connectivity index (χ2n) is 10.4. The van der Waals surface area contributed by atoms with Gasteiger partial charge in [0.2, 0.25) is 0 Å². The average molecular weight is 518 g/mol. The molecule has 0 radical (unpaired) electrons. The van der Waals surface area contributed by atoms with Crippen molar-refractivity contribution < 1.29 is 4.39 Å². The van der Waals surface area contributed by atoms with Crippen LogP contribution in [0.1, 0.15) is 5.56 Å². The van der Waals surface area contributed by atoms with Gasteiger partial charge in [-0.2, -0.15) is 5.26 Å². The van der Waals surface area contributed by atoms with E-state index in [2.05, 4.69) is 50.3 Å². The smallest absolute Gasteiger partial charge is 0.179 e. The molecule has 2 N–H and O–H groups in total. The SMILES string of the molecule is N#CN1CC2(C1)CN(Cc1ccc(-n3c(-c4cccnc4N)nc4cnc(-c5ccc(F)cn5)cc43)cc1)C2. The van der Waals surface area contributed by atoms with Gasteiger partial charge in [-0.3, -0.25) is 19.4 Å². The largest absolute Gasteiger partial charge is 0.383 e. The fourth-order valence-corrected chi connectivity index (χ4v) is 5.75. The van der Waals surface area contributed by atoms with Crippen molar-refractivity contribution in [3.63, 3.8) is 0 Å². The number of imidazole rings is 1. The lowest BCUT2D eigenvalue weighted by molar-refractivity contribution is -0.0957. The van der Waals surface area contributed by atoms with E-state index in [1.807, 2.05) is 27.7 Å². The molecule has 5 aromatic rings. The molecule has 1 aromatic carbocycles. The van der Waals surface area contributed by atoms with Gasteiger partial charge in [0.25, 0.3) is 0 Å². The number of pyridine rings is 3. The molecule has 9 nitrogen and oxygen atoms in total. The van der Waals surface area contributed by atoms with Gasteiger partial charge in [-0.05, 0) is 48.0 Å². The lowest BCUT2D eigenvalue weighted by Gasteiger charge is -2.58. The van der Waals surface area contributed by atoms with Crippen LogP contribution in [0.4, 0.5) is 10.2 Å². The predicted molar refractivity (Wildman–Crippen MR) is 145 cm³/mol. The summed E-state index contributed by atoms with van der Waals surface area (Å²) in [6, 6.07) is 17.1. The molecule has 192 valence electrons. The Morgan fingerprint density at radius 3 is 2.46 bits per heavy atom. The van der Waals surface area contributed by atoms with Crippen LogP contribution >= 0.6 is 0 Å². The van der Waals surface area contributed by atoms with E-state index >= 15 is 0 Å². The van der Waals surface area contributed by atoms with Crippen LogP contribution < -0.4 is 5.73 Å². The van der Waals surface area contributed by atoms with E-state index in [-0.39, 0.29) is 0 Å². The summed E-state index contributed by atoms with van der Waals surface area (Å²) in [5.41, 5.74) is 12.1. The Labute approximate surface area is 224 Å². The Kier molecular flexibility index (Phi) is 5.28. The molecule has 10 heteroatoms. The summed E-state index contributed by atoms with van der Waals surface area (Å²) in [5, 5.41) is 9.03. The topological polar surface area (TPSA) is 113 Å².